The van der Waals surface area contributed by atoms with Gasteiger partial charge in [0.25, 0.3) is 0 Å². The number of nitrogens with one attached hydrogen (secondary N) is 1. The molecule has 0 aliphatic heterocycles. The predicted molar refractivity (Wildman–Crippen MR) is 69.2 cm³/mol. The van der Waals surface area contributed by atoms with E-state index in [0.29, 0.717) is 6.04 Å². The summed E-state index contributed by atoms with van der Waals surface area (Å²) in [4.78, 5) is 4.23. The van der Waals surface area contributed by atoms with Gasteiger partial charge in [0.15, 0.2) is 0 Å². The van der Waals surface area contributed by atoms with Gasteiger partial charge in [0, 0.05) is 12.2 Å². The first kappa shape index (κ1) is 12.4. The Hall–Kier alpha value is -1.09. The number of pyridine rings is 1. The molecule has 17 heavy (non-hydrogen) atoms. The fourth-order valence-electron chi connectivity index (χ4n) is 2.74. The highest BCUT2D eigenvalue weighted by atomic mass is 16.5. The summed E-state index contributed by atoms with van der Waals surface area (Å²) in [6.07, 6.45) is 10.5. The number of rotatable bonds is 5. The minimum absolute atomic E-state index is 0.403. The average Bonchev–Trinajstić information content (AvgIpc) is 2.89. The number of hydrogen-bond donors (Lipinski definition) is 1. The van der Waals surface area contributed by atoms with Crippen LogP contribution < -0.4 is 10.1 Å². The molecule has 0 bridgehead atoms. The van der Waals surface area contributed by atoms with Gasteiger partial charge in [-0.05, 0) is 31.0 Å². The Bertz CT molecular complexity index is 348. The lowest BCUT2D eigenvalue weighted by molar-refractivity contribution is 0.400. The lowest BCUT2D eigenvalue weighted by Crippen LogP contribution is -2.19. The van der Waals surface area contributed by atoms with Gasteiger partial charge in [-0.2, -0.15) is 0 Å². The molecular weight excluding hydrogens is 212 g/mol. The molecular formula is C14H22N2O. The van der Waals surface area contributed by atoms with Crippen molar-refractivity contribution in [2.45, 2.75) is 38.1 Å². The van der Waals surface area contributed by atoms with Gasteiger partial charge >= 0.3 is 0 Å². The van der Waals surface area contributed by atoms with Crippen molar-refractivity contribution in [1.82, 2.24) is 10.3 Å². The fourth-order valence-corrected chi connectivity index (χ4v) is 2.74. The van der Waals surface area contributed by atoms with E-state index in [1.54, 1.807) is 13.3 Å². The number of hydrogen-bond acceptors (Lipinski definition) is 3. The first-order valence-electron chi connectivity index (χ1n) is 6.49. The summed E-state index contributed by atoms with van der Waals surface area (Å²) >= 11 is 0. The van der Waals surface area contributed by atoms with E-state index >= 15 is 0 Å². The third-order valence-electron chi connectivity index (χ3n) is 3.76. The van der Waals surface area contributed by atoms with Crippen molar-refractivity contribution in [3.8, 4) is 5.75 Å². The first-order chi connectivity index (χ1) is 8.33. The zero-order chi connectivity index (χ0) is 12.1. The molecule has 2 rings (SSSR count). The Morgan fingerprint density at radius 1 is 1.41 bits per heavy atom. The van der Waals surface area contributed by atoms with Crippen LogP contribution in [0.3, 0.4) is 0 Å². The van der Waals surface area contributed by atoms with E-state index in [1.165, 1.54) is 37.7 Å². The topological polar surface area (TPSA) is 34.2 Å². The van der Waals surface area contributed by atoms with Crippen LogP contribution in [0.25, 0.3) is 0 Å². The van der Waals surface area contributed by atoms with Gasteiger partial charge < -0.3 is 10.1 Å². The minimum Gasteiger partial charge on any atom is -0.495 e. The van der Waals surface area contributed by atoms with Crippen LogP contribution in [0.2, 0.25) is 0 Å². The van der Waals surface area contributed by atoms with Crippen LogP contribution in [-0.2, 0) is 0 Å². The zero-order valence-electron chi connectivity index (χ0n) is 10.8. The minimum atomic E-state index is 0.403. The van der Waals surface area contributed by atoms with Gasteiger partial charge in [-0.15, -0.1) is 0 Å². The molecule has 1 aromatic rings. The second-order valence-corrected chi connectivity index (χ2v) is 4.89. The molecule has 1 unspecified atom stereocenters. The molecule has 94 valence electrons. The zero-order valence-corrected chi connectivity index (χ0v) is 10.8. The smallest absolute Gasteiger partial charge is 0.137 e. The maximum Gasteiger partial charge on any atom is 0.137 e. The lowest BCUT2D eigenvalue weighted by Gasteiger charge is -2.20. The van der Waals surface area contributed by atoms with Gasteiger partial charge in [-0.25, -0.2) is 0 Å². The first-order valence-corrected chi connectivity index (χ1v) is 6.49. The molecule has 1 N–H and O–H groups in total. The summed E-state index contributed by atoms with van der Waals surface area (Å²) < 4.78 is 5.23. The number of nitrogens with zero attached hydrogens (tertiary/aromatic N) is 1. The molecule has 0 radical (unpaired) electrons. The summed E-state index contributed by atoms with van der Waals surface area (Å²) in [5.74, 6) is 1.72. The second kappa shape index (κ2) is 6.01. The molecule has 1 saturated carbocycles. The van der Waals surface area contributed by atoms with E-state index in [0.717, 1.165) is 11.7 Å². The molecule has 3 heteroatoms. The van der Waals surface area contributed by atoms with Crippen molar-refractivity contribution in [2.24, 2.45) is 5.92 Å². The van der Waals surface area contributed by atoms with Crippen molar-refractivity contribution in [3.05, 3.63) is 24.0 Å². The van der Waals surface area contributed by atoms with E-state index in [4.69, 9.17) is 4.74 Å². The predicted octanol–water partition coefficient (Wildman–Crippen LogP) is 2.93. The molecule has 3 nitrogen and oxygen atoms in total. The maximum absolute atomic E-state index is 5.23. The Kier molecular flexibility index (Phi) is 4.37. The quantitative estimate of drug-likeness (QED) is 0.850. The van der Waals surface area contributed by atoms with Crippen LogP contribution in [0.1, 0.15) is 43.7 Å². The maximum atomic E-state index is 5.23. The molecule has 1 atom stereocenters. The summed E-state index contributed by atoms with van der Waals surface area (Å²) in [5, 5.41) is 3.40. The third kappa shape index (κ3) is 3.19. The number of methoxy groups -OCH3 is 1. The number of ether oxygens (including phenoxy) is 1. The van der Waals surface area contributed by atoms with Gasteiger partial charge in [0.2, 0.25) is 0 Å². The van der Waals surface area contributed by atoms with Gasteiger partial charge in [-0.3, -0.25) is 4.98 Å². The highest BCUT2D eigenvalue weighted by Gasteiger charge is 2.20. The molecule has 1 heterocycles. The van der Waals surface area contributed by atoms with Gasteiger partial charge in [0.05, 0.1) is 13.3 Å². The fraction of sp³-hybridized carbons (Fsp3) is 0.643. The molecule has 0 saturated heterocycles. The monoisotopic (exact) mass is 234 g/mol. The van der Waals surface area contributed by atoms with E-state index in [-0.39, 0.29) is 0 Å². The molecule has 1 fully saturated rings. The normalized spacial score (nSPS) is 18.2. The van der Waals surface area contributed by atoms with E-state index in [2.05, 4.69) is 16.4 Å². The largest absolute Gasteiger partial charge is 0.495 e. The summed E-state index contributed by atoms with van der Waals surface area (Å²) in [5.41, 5.74) is 1.23. The van der Waals surface area contributed by atoms with Crippen molar-refractivity contribution < 1.29 is 4.74 Å². The lowest BCUT2D eigenvalue weighted by atomic mass is 9.94. The molecule has 0 spiro atoms. The average molecular weight is 234 g/mol. The Balaban J connectivity index is 2.04. The van der Waals surface area contributed by atoms with Crippen LogP contribution >= 0.6 is 0 Å². The van der Waals surface area contributed by atoms with Gasteiger partial charge in [0.1, 0.15) is 5.75 Å². The molecule has 0 amide bonds. The second-order valence-electron chi connectivity index (χ2n) is 4.89. The highest BCUT2D eigenvalue weighted by molar-refractivity contribution is 5.25. The molecule has 1 aromatic heterocycles. The van der Waals surface area contributed by atoms with Crippen molar-refractivity contribution in [3.63, 3.8) is 0 Å². The third-order valence-corrected chi connectivity index (χ3v) is 3.76. The van der Waals surface area contributed by atoms with Crippen LogP contribution in [0, 0.1) is 5.92 Å². The Morgan fingerprint density at radius 2 is 2.18 bits per heavy atom. The van der Waals surface area contributed by atoms with E-state index in [1.807, 2.05) is 13.2 Å². The summed E-state index contributed by atoms with van der Waals surface area (Å²) in [7, 11) is 3.71. The standard InChI is InChI=1S/C14H22N2O/c1-15-14(7-11-5-3-4-6-11)12-8-13(17-2)10-16-9-12/h8-11,14-15H,3-7H2,1-2H3. The van der Waals surface area contributed by atoms with Gasteiger partial charge in [-0.1, -0.05) is 25.7 Å². The van der Waals surface area contributed by atoms with E-state index in [9.17, 15) is 0 Å². The Labute approximate surface area is 104 Å². The number of aromatic nitrogens is 1. The Morgan fingerprint density at radius 3 is 2.82 bits per heavy atom. The van der Waals surface area contributed by atoms with E-state index < -0.39 is 0 Å². The molecule has 1 aliphatic rings. The van der Waals surface area contributed by atoms with Crippen LogP contribution in [0.4, 0.5) is 0 Å². The van der Waals surface area contributed by atoms with Crippen LogP contribution in [-0.4, -0.2) is 19.1 Å². The summed E-state index contributed by atoms with van der Waals surface area (Å²) in [6.45, 7) is 0. The molecule has 1 aliphatic carbocycles. The highest BCUT2D eigenvalue weighted by Crippen LogP contribution is 2.33. The summed E-state index contributed by atoms with van der Waals surface area (Å²) in [6, 6.07) is 2.49. The SMILES string of the molecule is CNC(CC1CCCC1)c1cncc(OC)c1. The van der Waals surface area contributed by atoms with Crippen molar-refractivity contribution >= 4 is 0 Å². The molecule has 0 aromatic carbocycles. The van der Waals surface area contributed by atoms with Crippen LogP contribution in [0.15, 0.2) is 18.5 Å². The van der Waals surface area contributed by atoms with Crippen LogP contribution in [0.5, 0.6) is 5.75 Å². The van der Waals surface area contributed by atoms with Crippen molar-refractivity contribution in [2.75, 3.05) is 14.2 Å². The van der Waals surface area contributed by atoms with Crippen molar-refractivity contribution in [1.29, 1.82) is 0 Å².